The molecule has 0 atom stereocenters. The average molecular weight is 304 g/mol. The highest BCUT2D eigenvalue weighted by molar-refractivity contribution is 7.91. The molecule has 0 aliphatic heterocycles. The summed E-state index contributed by atoms with van der Waals surface area (Å²) in [4.78, 5) is 1.05. The molecule has 0 aliphatic rings. The summed E-state index contributed by atoms with van der Waals surface area (Å²) in [5.74, 6) is 0. The van der Waals surface area contributed by atoms with Crippen LogP contribution in [0.1, 0.15) is 44.4 Å². The van der Waals surface area contributed by atoms with Crippen LogP contribution in [0.4, 0.5) is 0 Å². The lowest BCUT2D eigenvalue weighted by molar-refractivity contribution is 0.575. The number of thiophene rings is 1. The maximum absolute atomic E-state index is 12.0. The fourth-order valence-electron chi connectivity index (χ4n) is 1.68. The second kappa shape index (κ2) is 8.68. The fourth-order valence-corrected chi connectivity index (χ4v) is 4.12. The van der Waals surface area contributed by atoms with Gasteiger partial charge >= 0.3 is 0 Å². The van der Waals surface area contributed by atoms with E-state index in [2.05, 4.69) is 17.0 Å². The van der Waals surface area contributed by atoms with Gasteiger partial charge in [0, 0.05) is 18.0 Å². The quantitative estimate of drug-likeness (QED) is 0.653. The zero-order valence-corrected chi connectivity index (χ0v) is 13.4. The first-order valence-corrected chi connectivity index (χ1v) is 9.19. The predicted octanol–water partition coefficient (Wildman–Crippen LogP) is 2.72. The minimum absolute atomic E-state index is 0.413. The minimum atomic E-state index is -3.31. The minimum Gasteiger partial charge on any atom is -0.312 e. The Balaban J connectivity index is 2.45. The van der Waals surface area contributed by atoms with Gasteiger partial charge in [0.15, 0.2) is 0 Å². The standard InChI is InChI=1S/C13H24N2O2S2/c1-3-5-6-7-10-15-19(16,17)13-9-8-12(18-13)11-14-4-2/h8-9,14-15H,3-7,10-11H2,1-2H3. The molecule has 19 heavy (non-hydrogen) atoms. The fraction of sp³-hybridized carbons (Fsp3) is 0.692. The summed E-state index contributed by atoms with van der Waals surface area (Å²) in [6.45, 7) is 6.32. The van der Waals surface area contributed by atoms with Crippen molar-refractivity contribution in [3.05, 3.63) is 17.0 Å². The van der Waals surface area contributed by atoms with Crippen molar-refractivity contribution < 1.29 is 8.42 Å². The van der Waals surface area contributed by atoms with Crippen LogP contribution >= 0.6 is 11.3 Å². The van der Waals surface area contributed by atoms with Gasteiger partial charge in [0.05, 0.1) is 0 Å². The van der Waals surface area contributed by atoms with Crippen LogP contribution in [0.5, 0.6) is 0 Å². The third-order valence-corrected chi connectivity index (χ3v) is 5.81. The zero-order valence-electron chi connectivity index (χ0n) is 11.7. The van der Waals surface area contributed by atoms with E-state index in [1.165, 1.54) is 11.3 Å². The van der Waals surface area contributed by atoms with Crippen molar-refractivity contribution in [1.29, 1.82) is 0 Å². The lowest BCUT2D eigenvalue weighted by atomic mass is 10.2. The summed E-state index contributed by atoms with van der Waals surface area (Å²) in [7, 11) is -3.31. The molecule has 0 amide bonds. The molecule has 0 fully saturated rings. The lowest BCUT2D eigenvalue weighted by Crippen LogP contribution is -2.23. The molecule has 110 valence electrons. The van der Waals surface area contributed by atoms with E-state index in [9.17, 15) is 8.42 Å². The van der Waals surface area contributed by atoms with Gasteiger partial charge in [-0.25, -0.2) is 13.1 Å². The first-order valence-electron chi connectivity index (χ1n) is 6.89. The second-order valence-electron chi connectivity index (χ2n) is 4.46. The highest BCUT2D eigenvalue weighted by Crippen LogP contribution is 2.21. The summed E-state index contributed by atoms with van der Waals surface area (Å²) >= 11 is 1.34. The van der Waals surface area contributed by atoms with Crippen LogP contribution in [0, 0.1) is 0 Å². The van der Waals surface area contributed by atoms with E-state index < -0.39 is 10.0 Å². The Morgan fingerprint density at radius 3 is 2.63 bits per heavy atom. The molecule has 6 heteroatoms. The van der Waals surface area contributed by atoms with Gasteiger partial charge < -0.3 is 5.32 Å². The molecule has 0 spiro atoms. The number of sulfonamides is 1. The van der Waals surface area contributed by atoms with Crippen LogP contribution in [-0.4, -0.2) is 21.5 Å². The first-order chi connectivity index (χ1) is 9.10. The number of rotatable bonds is 10. The molecule has 0 bridgehead atoms. The van der Waals surface area contributed by atoms with Crippen molar-refractivity contribution in [2.24, 2.45) is 0 Å². The Morgan fingerprint density at radius 2 is 1.95 bits per heavy atom. The highest BCUT2D eigenvalue weighted by atomic mass is 32.2. The predicted molar refractivity (Wildman–Crippen MR) is 81.0 cm³/mol. The molecule has 4 nitrogen and oxygen atoms in total. The average Bonchev–Trinajstić information content (AvgIpc) is 2.85. The van der Waals surface area contributed by atoms with Crippen molar-refractivity contribution >= 4 is 21.4 Å². The second-order valence-corrected chi connectivity index (χ2v) is 7.62. The molecule has 1 heterocycles. The molecular formula is C13H24N2O2S2. The van der Waals surface area contributed by atoms with Gasteiger partial charge in [-0.15, -0.1) is 11.3 Å². The highest BCUT2D eigenvalue weighted by Gasteiger charge is 2.15. The van der Waals surface area contributed by atoms with E-state index in [0.717, 1.165) is 43.6 Å². The Kier molecular flexibility index (Phi) is 7.60. The van der Waals surface area contributed by atoms with Crippen LogP contribution < -0.4 is 10.0 Å². The summed E-state index contributed by atoms with van der Waals surface area (Å²) < 4.78 is 27.1. The van der Waals surface area contributed by atoms with Gasteiger partial charge in [-0.05, 0) is 25.1 Å². The molecular weight excluding hydrogens is 280 g/mol. The van der Waals surface area contributed by atoms with Gasteiger partial charge in [-0.3, -0.25) is 0 Å². The Hall–Kier alpha value is -0.430. The van der Waals surface area contributed by atoms with E-state index in [0.29, 0.717) is 10.8 Å². The van der Waals surface area contributed by atoms with E-state index >= 15 is 0 Å². The number of unbranched alkanes of at least 4 members (excludes halogenated alkanes) is 3. The van der Waals surface area contributed by atoms with Gasteiger partial charge in [-0.2, -0.15) is 0 Å². The summed E-state index contributed by atoms with van der Waals surface area (Å²) in [5.41, 5.74) is 0. The number of hydrogen-bond donors (Lipinski definition) is 2. The van der Waals surface area contributed by atoms with E-state index in [1.54, 1.807) is 6.07 Å². The normalized spacial score (nSPS) is 11.9. The Labute approximate surface area is 120 Å². The third-order valence-electron chi connectivity index (χ3n) is 2.77. The molecule has 2 N–H and O–H groups in total. The molecule has 0 unspecified atom stereocenters. The number of hydrogen-bond acceptors (Lipinski definition) is 4. The van der Waals surface area contributed by atoms with Crippen molar-refractivity contribution in [2.45, 2.75) is 50.3 Å². The maximum Gasteiger partial charge on any atom is 0.250 e. The molecule has 1 rings (SSSR count). The summed E-state index contributed by atoms with van der Waals surface area (Å²) in [5, 5.41) is 3.19. The van der Waals surface area contributed by atoms with Gasteiger partial charge in [-0.1, -0.05) is 33.1 Å². The van der Waals surface area contributed by atoms with Gasteiger partial charge in [0.1, 0.15) is 4.21 Å². The molecule has 0 aliphatic carbocycles. The molecule has 1 aromatic rings. The van der Waals surface area contributed by atoms with Crippen LogP contribution in [0.25, 0.3) is 0 Å². The SMILES string of the molecule is CCCCCCNS(=O)(=O)c1ccc(CNCC)s1. The molecule has 0 aromatic carbocycles. The molecule has 1 aromatic heterocycles. The van der Waals surface area contributed by atoms with E-state index in [-0.39, 0.29) is 0 Å². The van der Waals surface area contributed by atoms with Crippen molar-refractivity contribution in [3.63, 3.8) is 0 Å². The van der Waals surface area contributed by atoms with Gasteiger partial charge in [0.25, 0.3) is 0 Å². The monoisotopic (exact) mass is 304 g/mol. The molecule has 0 saturated carbocycles. The molecule has 0 radical (unpaired) electrons. The van der Waals surface area contributed by atoms with Crippen molar-refractivity contribution in [1.82, 2.24) is 10.0 Å². The largest absolute Gasteiger partial charge is 0.312 e. The van der Waals surface area contributed by atoms with E-state index in [1.807, 2.05) is 13.0 Å². The van der Waals surface area contributed by atoms with Gasteiger partial charge in [0.2, 0.25) is 10.0 Å². The van der Waals surface area contributed by atoms with E-state index in [4.69, 9.17) is 0 Å². The van der Waals surface area contributed by atoms with Crippen LogP contribution in [0.15, 0.2) is 16.3 Å². The van der Waals surface area contributed by atoms with Crippen LogP contribution in [0.3, 0.4) is 0 Å². The van der Waals surface area contributed by atoms with Crippen molar-refractivity contribution in [3.8, 4) is 0 Å². The van der Waals surface area contributed by atoms with Crippen molar-refractivity contribution in [2.75, 3.05) is 13.1 Å². The topological polar surface area (TPSA) is 58.2 Å². The maximum atomic E-state index is 12.0. The van der Waals surface area contributed by atoms with Crippen LogP contribution in [0.2, 0.25) is 0 Å². The van der Waals surface area contributed by atoms with Crippen LogP contribution in [-0.2, 0) is 16.6 Å². The lowest BCUT2D eigenvalue weighted by Gasteiger charge is -2.04. The first kappa shape index (κ1) is 16.6. The third kappa shape index (κ3) is 6.03. The summed E-state index contributed by atoms with van der Waals surface area (Å²) in [6, 6.07) is 3.56. The number of nitrogens with one attached hydrogen (secondary N) is 2. The molecule has 0 saturated heterocycles. The Bertz CT molecular complexity index is 455. The Morgan fingerprint density at radius 1 is 1.16 bits per heavy atom. The smallest absolute Gasteiger partial charge is 0.250 e. The summed E-state index contributed by atoms with van der Waals surface area (Å²) in [6.07, 6.45) is 4.30. The zero-order chi connectivity index (χ0) is 14.1.